The fourth-order valence-corrected chi connectivity index (χ4v) is 4.47. The molecule has 0 unspecified atom stereocenters. The van der Waals surface area contributed by atoms with Crippen LogP contribution in [0.3, 0.4) is 0 Å². The van der Waals surface area contributed by atoms with Crippen LogP contribution in [0.15, 0.2) is 40.2 Å². The number of aromatic nitrogens is 2. The number of anilines is 1. The number of thiophene rings is 1. The minimum Gasteiger partial charge on any atom is -0.333 e. The first-order valence-electron chi connectivity index (χ1n) is 7.67. The molecule has 0 amide bonds. The van der Waals surface area contributed by atoms with Gasteiger partial charge in [-0.2, -0.15) is 4.98 Å². The van der Waals surface area contributed by atoms with Crippen LogP contribution in [0.2, 0.25) is 0 Å². The molecule has 25 heavy (non-hydrogen) atoms. The molecule has 1 saturated carbocycles. The molecule has 130 valence electrons. The molecule has 1 fully saturated rings. The van der Waals surface area contributed by atoms with Crippen LogP contribution in [0, 0.1) is 5.82 Å². The maximum absolute atomic E-state index is 13.7. The monoisotopic (exact) mass is 379 g/mol. The minimum absolute atomic E-state index is 0.112. The molecule has 0 bridgehead atoms. The van der Waals surface area contributed by atoms with Crippen molar-refractivity contribution in [3.63, 3.8) is 0 Å². The van der Waals surface area contributed by atoms with Gasteiger partial charge in [-0.25, -0.2) is 12.8 Å². The Balaban J connectivity index is 1.56. The second-order valence-electron chi connectivity index (χ2n) is 5.85. The van der Waals surface area contributed by atoms with Gasteiger partial charge in [0.25, 0.3) is 5.89 Å². The van der Waals surface area contributed by atoms with E-state index >= 15 is 0 Å². The Morgan fingerprint density at radius 2 is 2.08 bits per heavy atom. The molecule has 0 saturated heterocycles. The molecule has 1 aromatic carbocycles. The summed E-state index contributed by atoms with van der Waals surface area (Å²) in [6.45, 7) is 0. The van der Waals surface area contributed by atoms with Crippen molar-refractivity contribution in [1.82, 2.24) is 10.1 Å². The van der Waals surface area contributed by atoms with Gasteiger partial charge in [0.15, 0.2) is 5.82 Å². The van der Waals surface area contributed by atoms with Crippen molar-refractivity contribution in [3.8, 4) is 10.8 Å². The van der Waals surface area contributed by atoms with E-state index in [9.17, 15) is 12.8 Å². The summed E-state index contributed by atoms with van der Waals surface area (Å²) in [5.74, 6) is 0.290. The number of halogens is 1. The molecule has 0 radical (unpaired) electrons. The first kappa shape index (κ1) is 16.2. The number of nitrogens with zero attached hydrogens (tertiary/aromatic N) is 2. The van der Waals surface area contributed by atoms with Crippen LogP contribution in [-0.2, 0) is 15.8 Å². The second kappa shape index (κ2) is 6.23. The van der Waals surface area contributed by atoms with Crippen molar-refractivity contribution >= 4 is 27.0 Å². The molecule has 6 nitrogen and oxygen atoms in total. The molecule has 1 N–H and O–H groups in total. The maximum atomic E-state index is 13.7. The fraction of sp³-hybridized carbons (Fsp3) is 0.250. The van der Waals surface area contributed by atoms with Crippen LogP contribution >= 0.6 is 11.3 Å². The van der Waals surface area contributed by atoms with E-state index in [2.05, 4.69) is 14.9 Å². The number of sulfonamides is 1. The van der Waals surface area contributed by atoms with E-state index in [0.29, 0.717) is 28.2 Å². The standard InChI is InChI=1S/C16H14FN3O3S2/c17-12-4-2-1-3-11(12)9-25(21,22)20-13-7-8-24-14(13)16-18-15(19-23-16)10-5-6-10/h1-4,7-8,10,20H,5-6,9H2. The zero-order chi connectivity index (χ0) is 17.4. The molecule has 2 heterocycles. The summed E-state index contributed by atoms with van der Waals surface area (Å²) < 4.78 is 46.2. The topological polar surface area (TPSA) is 85.1 Å². The Morgan fingerprint density at radius 1 is 1.28 bits per heavy atom. The summed E-state index contributed by atoms with van der Waals surface area (Å²) in [5.41, 5.74) is 0.466. The minimum atomic E-state index is -3.78. The van der Waals surface area contributed by atoms with Crippen molar-refractivity contribution in [3.05, 3.63) is 52.9 Å². The predicted molar refractivity (Wildman–Crippen MR) is 92.2 cm³/mol. The summed E-state index contributed by atoms with van der Waals surface area (Å²) in [6.07, 6.45) is 2.09. The number of hydrogen-bond donors (Lipinski definition) is 1. The van der Waals surface area contributed by atoms with Gasteiger partial charge in [0.2, 0.25) is 10.0 Å². The Morgan fingerprint density at radius 3 is 2.84 bits per heavy atom. The third kappa shape index (κ3) is 3.57. The summed E-state index contributed by atoms with van der Waals surface area (Å²) in [7, 11) is -3.78. The van der Waals surface area contributed by atoms with Gasteiger partial charge < -0.3 is 4.52 Å². The van der Waals surface area contributed by atoms with Crippen LogP contribution < -0.4 is 4.72 Å². The molecule has 9 heteroatoms. The van der Waals surface area contributed by atoms with Gasteiger partial charge in [-0.1, -0.05) is 23.4 Å². The van der Waals surface area contributed by atoms with Crippen LogP contribution in [-0.4, -0.2) is 18.6 Å². The van der Waals surface area contributed by atoms with Gasteiger partial charge in [0.05, 0.1) is 11.4 Å². The third-order valence-corrected chi connectivity index (χ3v) is 5.94. The van der Waals surface area contributed by atoms with Crippen LogP contribution in [0.5, 0.6) is 0 Å². The van der Waals surface area contributed by atoms with Gasteiger partial charge in [-0.15, -0.1) is 11.3 Å². The highest BCUT2D eigenvalue weighted by molar-refractivity contribution is 7.92. The van der Waals surface area contributed by atoms with Crippen molar-refractivity contribution in [2.24, 2.45) is 0 Å². The predicted octanol–water partition coefficient (Wildman–Crippen LogP) is 3.76. The van der Waals surface area contributed by atoms with Crippen LogP contribution in [0.4, 0.5) is 10.1 Å². The van der Waals surface area contributed by atoms with E-state index in [1.807, 2.05) is 0 Å². The summed E-state index contributed by atoms with van der Waals surface area (Å²) in [5, 5.41) is 5.68. The van der Waals surface area contributed by atoms with E-state index in [-0.39, 0.29) is 5.56 Å². The first-order chi connectivity index (χ1) is 12.0. The van der Waals surface area contributed by atoms with Crippen molar-refractivity contribution in [2.75, 3.05) is 4.72 Å². The lowest BCUT2D eigenvalue weighted by Crippen LogP contribution is -2.15. The lowest BCUT2D eigenvalue weighted by molar-refractivity contribution is 0.423. The number of nitrogens with one attached hydrogen (secondary N) is 1. The van der Waals surface area contributed by atoms with Gasteiger partial charge in [0, 0.05) is 11.5 Å². The average Bonchev–Trinajstić information content (AvgIpc) is 3.12. The van der Waals surface area contributed by atoms with E-state index in [0.717, 1.165) is 12.8 Å². The van der Waals surface area contributed by atoms with Crippen LogP contribution in [0.25, 0.3) is 10.8 Å². The van der Waals surface area contributed by atoms with E-state index in [4.69, 9.17) is 4.52 Å². The largest absolute Gasteiger partial charge is 0.333 e. The fourth-order valence-electron chi connectivity index (χ4n) is 2.41. The quantitative estimate of drug-likeness (QED) is 0.705. The molecule has 0 atom stereocenters. The molecule has 0 spiro atoms. The highest BCUT2D eigenvalue weighted by Gasteiger charge is 2.30. The molecule has 2 aromatic heterocycles. The molecular weight excluding hydrogens is 365 g/mol. The summed E-state index contributed by atoms with van der Waals surface area (Å²) in [4.78, 5) is 4.89. The normalized spacial score (nSPS) is 14.6. The Hall–Kier alpha value is -2.26. The van der Waals surface area contributed by atoms with Gasteiger partial charge >= 0.3 is 0 Å². The lowest BCUT2D eigenvalue weighted by Gasteiger charge is -2.08. The zero-order valence-electron chi connectivity index (χ0n) is 13.0. The van der Waals surface area contributed by atoms with Crippen LogP contribution in [0.1, 0.15) is 30.1 Å². The Bertz CT molecular complexity index is 1010. The van der Waals surface area contributed by atoms with E-state index in [1.54, 1.807) is 17.5 Å². The third-order valence-electron chi connectivity index (χ3n) is 3.81. The lowest BCUT2D eigenvalue weighted by atomic mass is 10.2. The molecule has 1 aliphatic carbocycles. The van der Waals surface area contributed by atoms with Crippen molar-refractivity contribution < 1.29 is 17.3 Å². The Kier molecular flexibility index (Phi) is 4.04. The summed E-state index contributed by atoms with van der Waals surface area (Å²) >= 11 is 1.30. The molecular formula is C16H14FN3O3S2. The van der Waals surface area contributed by atoms with Crippen molar-refractivity contribution in [2.45, 2.75) is 24.5 Å². The van der Waals surface area contributed by atoms with E-state index in [1.165, 1.54) is 29.5 Å². The first-order valence-corrected chi connectivity index (χ1v) is 10.2. The average molecular weight is 379 g/mol. The zero-order valence-corrected chi connectivity index (χ0v) is 14.6. The number of hydrogen-bond acceptors (Lipinski definition) is 6. The molecule has 0 aliphatic heterocycles. The smallest absolute Gasteiger partial charge is 0.270 e. The van der Waals surface area contributed by atoms with E-state index < -0.39 is 21.6 Å². The highest BCUT2D eigenvalue weighted by atomic mass is 32.2. The second-order valence-corrected chi connectivity index (χ2v) is 8.49. The number of rotatable bonds is 6. The summed E-state index contributed by atoms with van der Waals surface area (Å²) in [6, 6.07) is 7.42. The maximum Gasteiger partial charge on any atom is 0.270 e. The van der Waals surface area contributed by atoms with Gasteiger partial charge in [0.1, 0.15) is 10.7 Å². The molecule has 1 aliphatic rings. The van der Waals surface area contributed by atoms with Crippen molar-refractivity contribution in [1.29, 1.82) is 0 Å². The molecule has 3 aromatic rings. The Labute approximate surface area is 147 Å². The highest BCUT2D eigenvalue weighted by Crippen LogP contribution is 2.40. The van der Waals surface area contributed by atoms with Gasteiger partial charge in [-0.05, 0) is 30.4 Å². The SMILES string of the molecule is O=S(=O)(Cc1ccccc1F)Nc1ccsc1-c1nc(C2CC2)no1. The number of benzene rings is 1. The van der Waals surface area contributed by atoms with Gasteiger partial charge in [-0.3, -0.25) is 4.72 Å². The molecule has 4 rings (SSSR count).